The second-order valence-corrected chi connectivity index (χ2v) is 2.49. The van der Waals surface area contributed by atoms with Crippen LogP contribution in [0, 0.1) is 11.3 Å². The van der Waals surface area contributed by atoms with E-state index in [1.165, 1.54) is 12.8 Å². The maximum Gasteiger partial charge on any atom is 0.0663 e. The summed E-state index contributed by atoms with van der Waals surface area (Å²) in [5.41, 5.74) is 0. The third-order valence-corrected chi connectivity index (χ3v) is 1.68. The number of rotatable bonds is 2. The number of nitrogens with zero attached hydrogens (tertiary/aromatic N) is 1. The van der Waals surface area contributed by atoms with E-state index in [1.807, 2.05) is 6.08 Å². The van der Waals surface area contributed by atoms with Crippen LogP contribution < -0.4 is 5.32 Å². The minimum atomic E-state index is 0.536. The second-order valence-electron chi connectivity index (χ2n) is 2.49. The Hall–Kier alpha value is -0.810. The van der Waals surface area contributed by atoms with E-state index in [0.29, 0.717) is 12.5 Å². The molecule has 1 atom stereocenters. The van der Waals surface area contributed by atoms with Crippen molar-refractivity contribution < 1.29 is 0 Å². The monoisotopic (exact) mass is 136 g/mol. The van der Waals surface area contributed by atoms with Gasteiger partial charge in [0, 0.05) is 6.04 Å². The van der Waals surface area contributed by atoms with Gasteiger partial charge in [-0.15, -0.1) is 0 Å². The SMILES string of the molecule is N#CC/C=C/C1CCCN1. The van der Waals surface area contributed by atoms with E-state index in [-0.39, 0.29) is 0 Å². The first-order valence-electron chi connectivity index (χ1n) is 3.70. The van der Waals surface area contributed by atoms with Crippen LogP contribution in [0.4, 0.5) is 0 Å². The van der Waals surface area contributed by atoms with Gasteiger partial charge in [-0.1, -0.05) is 12.2 Å². The lowest BCUT2D eigenvalue weighted by atomic mass is 10.2. The van der Waals surface area contributed by atoms with Gasteiger partial charge in [-0.25, -0.2) is 0 Å². The summed E-state index contributed by atoms with van der Waals surface area (Å²) in [6.07, 6.45) is 7.06. The third kappa shape index (κ3) is 2.20. The summed E-state index contributed by atoms with van der Waals surface area (Å²) in [7, 11) is 0. The molecule has 10 heavy (non-hydrogen) atoms. The van der Waals surface area contributed by atoms with Crippen molar-refractivity contribution >= 4 is 0 Å². The van der Waals surface area contributed by atoms with Crippen LogP contribution in [0.5, 0.6) is 0 Å². The van der Waals surface area contributed by atoms with Gasteiger partial charge < -0.3 is 5.32 Å². The van der Waals surface area contributed by atoms with Crippen LogP contribution in [0.3, 0.4) is 0 Å². The van der Waals surface area contributed by atoms with Crippen molar-refractivity contribution in [3.63, 3.8) is 0 Å². The molecule has 1 fully saturated rings. The summed E-state index contributed by atoms with van der Waals surface area (Å²) in [4.78, 5) is 0. The zero-order valence-corrected chi connectivity index (χ0v) is 6.01. The lowest BCUT2D eigenvalue weighted by Crippen LogP contribution is -2.17. The van der Waals surface area contributed by atoms with Crippen LogP contribution in [-0.2, 0) is 0 Å². The number of nitriles is 1. The highest BCUT2D eigenvalue weighted by atomic mass is 14.9. The van der Waals surface area contributed by atoms with Gasteiger partial charge in [-0.05, 0) is 19.4 Å². The van der Waals surface area contributed by atoms with Gasteiger partial charge in [0.1, 0.15) is 0 Å². The molecule has 1 aliphatic heterocycles. The molecule has 1 heterocycles. The zero-order valence-electron chi connectivity index (χ0n) is 6.01. The number of hydrogen-bond acceptors (Lipinski definition) is 2. The van der Waals surface area contributed by atoms with Crippen LogP contribution in [0.1, 0.15) is 19.3 Å². The number of hydrogen-bond donors (Lipinski definition) is 1. The number of nitrogens with one attached hydrogen (secondary N) is 1. The molecule has 1 rings (SSSR count). The van der Waals surface area contributed by atoms with E-state index in [4.69, 9.17) is 5.26 Å². The van der Waals surface area contributed by atoms with Crippen molar-refractivity contribution in [2.45, 2.75) is 25.3 Å². The largest absolute Gasteiger partial charge is 0.311 e. The summed E-state index contributed by atoms with van der Waals surface area (Å²) in [5.74, 6) is 0. The Morgan fingerprint density at radius 2 is 2.60 bits per heavy atom. The average Bonchev–Trinajstić information content (AvgIpc) is 2.41. The Kier molecular flexibility index (Phi) is 2.98. The molecule has 2 nitrogen and oxygen atoms in total. The van der Waals surface area contributed by atoms with E-state index in [9.17, 15) is 0 Å². The van der Waals surface area contributed by atoms with E-state index >= 15 is 0 Å². The van der Waals surface area contributed by atoms with Crippen molar-refractivity contribution in [2.75, 3.05) is 6.54 Å². The van der Waals surface area contributed by atoms with Crippen LogP contribution in [0.15, 0.2) is 12.2 Å². The molecule has 0 aromatic rings. The van der Waals surface area contributed by atoms with E-state index in [0.717, 1.165) is 6.54 Å². The zero-order chi connectivity index (χ0) is 7.23. The van der Waals surface area contributed by atoms with E-state index < -0.39 is 0 Å². The summed E-state index contributed by atoms with van der Waals surface area (Å²) in [6.45, 7) is 1.13. The van der Waals surface area contributed by atoms with Crippen molar-refractivity contribution in [3.8, 4) is 6.07 Å². The van der Waals surface area contributed by atoms with E-state index in [1.54, 1.807) is 0 Å². The van der Waals surface area contributed by atoms with Crippen LogP contribution >= 0.6 is 0 Å². The molecule has 0 bridgehead atoms. The van der Waals surface area contributed by atoms with E-state index in [2.05, 4.69) is 17.5 Å². The van der Waals surface area contributed by atoms with Crippen molar-refractivity contribution in [2.24, 2.45) is 0 Å². The molecule has 0 saturated carbocycles. The highest BCUT2D eigenvalue weighted by Gasteiger charge is 2.08. The van der Waals surface area contributed by atoms with Crippen LogP contribution in [-0.4, -0.2) is 12.6 Å². The molecular formula is C8H12N2. The number of allylic oxidation sites excluding steroid dienone is 1. The fourth-order valence-electron chi connectivity index (χ4n) is 1.16. The van der Waals surface area contributed by atoms with Gasteiger partial charge >= 0.3 is 0 Å². The highest BCUT2D eigenvalue weighted by Crippen LogP contribution is 2.05. The fourth-order valence-corrected chi connectivity index (χ4v) is 1.16. The molecule has 0 amide bonds. The standard InChI is InChI=1S/C8H12N2/c9-6-2-1-4-8-5-3-7-10-8/h1,4,8,10H,2-3,5,7H2/b4-1+. The fraction of sp³-hybridized carbons (Fsp3) is 0.625. The maximum absolute atomic E-state index is 8.22. The lowest BCUT2D eigenvalue weighted by Gasteiger charge is -1.99. The molecule has 0 radical (unpaired) electrons. The molecule has 54 valence electrons. The first kappa shape index (κ1) is 7.30. The Labute approximate surface area is 61.5 Å². The molecule has 0 aromatic heterocycles. The quantitative estimate of drug-likeness (QED) is 0.579. The van der Waals surface area contributed by atoms with Crippen LogP contribution in [0.25, 0.3) is 0 Å². The lowest BCUT2D eigenvalue weighted by molar-refractivity contribution is 0.726. The first-order chi connectivity index (χ1) is 4.93. The molecule has 2 heteroatoms. The normalized spacial score (nSPS) is 25.3. The molecule has 0 aromatic carbocycles. The summed E-state index contributed by atoms with van der Waals surface area (Å²) in [5, 5.41) is 11.5. The van der Waals surface area contributed by atoms with Gasteiger partial charge in [-0.2, -0.15) is 5.26 Å². The van der Waals surface area contributed by atoms with Gasteiger partial charge in [0.2, 0.25) is 0 Å². The van der Waals surface area contributed by atoms with Crippen LogP contribution in [0.2, 0.25) is 0 Å². The maximum atomic E-state index is 8.22. The minimum absolute atomic E-state index is 0.536. The van der Waals surface area contributed by atoms with Gasteiger partial charge in [0.25, 0.3) is 0 Å². The van der Waals surface area contributed by atoms with Gasteiger partial charge in [-0.3, -0.25) is 0 Å². The Morgan fingerprint density at radius 3 is 3.20 bits per heavy atom. The second kappa shape index (κ2) is 4.08. The molecule has 1 unspecified atom stereocenters. The predicted octanol–water partition coefficient (Wildman–Crippen LogP) is 1.21. The smallest absolute Gasteiger partial charge is 0.0663 e. The molecule has 1 aliphatic rings. The summed E-state index contributed by atoms with van der Waals surface area (Å²) in [6, 6.07) is 2.61. The van der Waals surface area contributed by atoms with Crippen molar-refractivity contribution in [1.82, 2.24) is 5.32 Å². The third-order valence-electron chi connectivity index (χ3n) is 1.68. The Balaban J connectivity index is 2.18. The topological polar surface area (TPSA) is 35.8 Å². The molecule has 0 aliphatic carbocycles. The molecule has 0 spiro atoms. The molecule has 1 saturated heterocycles. The summed E-state index contributed by atoms with van der Waals surface area (Å²) < 4.78 is 0. The summed E-state index contributed by atoms with van der Waals surface area (Å²) >= 11 is 0. The molecule has 1 N–H and O–H groups in total. The first-order valence-corrected chi connectivity index (χ1v) is 3.70. The highest BCUT2D eigenvalue weighted by molar-refractivity contribution is 4.99. The predicted molar refractivity (Wildman–Crippen MR) is 40.4 cm³/mol. The van der Waals surface area contributed by atoms with Gasteiger partial charge in [0.15, 0.2) is 0 Å². The van der Waals surface area contributed by atoms with Crippen molar-refractivity contribution in [3.05, 3.63) is 12.2 Å². The Bertz CT molecular complexity index is 149. The van der Waals surface area contributed by atoms with Gasteiger partial charge in [0.05, 0.1) is 12.5 Å². The van der Waals surface area contributed by atoms with Crippen molar-refractivity contribution in [1.29, 1.82) is 5.26 Å². The average molecular weight is 136 g/mol. The Morgan fingerprint density at radius 1 is 1.70 bits per heavy atom. The molecular weight excluding hydrogens is 124 g/mol. The minimum Gasteiger partial charge on any atom is -0.311 e.